The molecule has 6 heteroatoms. The molecule has 3 nitrogen and oxygen atoms in total. The Balaban J connectivity index is 2.45. The molecule has 21 heavy (non-hydrogen) atoms. The van der Waals surface area contributed by atoms with Gasteiger partial charge in [-0.15, -0.1) is 0 Å². The molecule has 0 spiro atoms. The number of aryl methyl sites for hydroxylation is 1. The number of hydrogen-bond donors (Lipinski definition) is 0. The molecule has 1 heterocycles. The maximum atomic E-state index is 13.4. The molecule has 0 atom stereocenters. The summed E-state index contributed by atoms with van der Waals surface area (Å²) < 4.78 is 16.2. The average Bonchev–Trinajstić information content (AvgIpc) is 2.79. The minimum Gasteiger partial charge on any atom is -0.316 e. The Labute approximate surface area is 131 Å². The summed E-state index contributed by atoms with van der Waals surface area (Å²) >= 11 is 3.11. The summed E-state index contributed by atoms with van der Waals surface area (Å²) in [5, 5.41) is 0. The van der Waals surface area contributed by atoms with Crippen LogP contribution in [0, 0.1) is 5.82 Å². The highest BCUT2D eigenvalue weighted by Crippen LogP contribution is 2.19. The van der Waals surface area contributed by atoms with E-state index in [2.05, 4.69) is 4.99 Å². The van der Waals surface area contributed by atoms with E-state index < -0.39 is 0 Å². The monoisotopic (exact) mass is 326 g/mol. The molecule has 0 aliphatic carbocycles. The zero-order valence-corrected chi connectivity index (χ0v) is 13.9. The smallest absolute Gasteiger partial charge is 0.248 e. The standard InChI is InChI=1S/C15H19FN2OS2/c1-3-4-5-14(19)17-15-18(8-9-20-2)12-7-6-11(16)10-13(12)21-15/h6-7,10H,3-5,8-9H2,1-2H3. The van der Waals surface area contributed by atoms with Gasteiger partial charge in [0.2, 0.25) is 5.91 Å². The third kappa shape index (κ3) is 4.17. The number of halogens is 1. The van der Waals surface area contributed by atoms with Gasteiger partial charge in [-0.3, -0.25) is 4.79 Å². The first-order valence-corrected chi connectivity index (χ1v) is 9.22. The molecular formula is C15H19FN2OS2. The van der Waals surface area contributed by atoms with Crippen LogP contribution >= 0.6 is 23.1 Å². The van der Waals surface area contributed by atoms with Crippen molar-refractivity contribution in [1.29, 1.82) is 0 Å². The van der Waals surface area contributed by atoms with Crippen LogP contribution in [0.25, 0.3) is 10.2 Å². The molecular weight excluding hydrogens is 307 g/mol. The quantitative estimate of drug-likeness (QED) is 0.809. The highest BCUT2D eigenvalue weighted by Gasteiger charge is 2.08. The highest BCUT2D eigenvalue weighted by molar-refractivity contribution is 7.98. The third-order valence-corrected chi connectivity index (χ3v) is 4.76. The van der Waals surface area contributed by atoms with Crippen molar-refractivity contribution in [3.05, 3.63) is 28.8 Å². The molecule has 0 saturated heterocycles. The van der Waals surface area contributed by atoms with Crippen LogP contribution in [0.2, 0.25) is 0 Å². The first kappa shape index (κ1) is 16.2. The maximum absolute atomic E-state index is 13.4. The molecule has 0 radical (unpaired) electrons. The van der Waals surface area contributed by atoms with E-state index in [1.807, 2.05) is 17.7 Å². The molecule has 0 aliphatic heterocycles. The van der Waals surface area contributed by atoms with Gasteiger partial charge in [0, 0.05) is 18.7 Å². The second kappa shape index (κ2) is 7.75. The average molecular weight is 326 g/mol. The van der Waals surface area contributed by atoms with Crippen LogP contribution in [0.4, 0.5) is 4.39 Å². The highest BCUT2D eigenvalue weighted by atomic mass is 32.2. The Hall–Kier alpha value is -1.14. The van der Waals surface area contributed by atoms with Crippen LogP contribution in [0.1, 0.15) is 26.2 Å². The number of rotatable bonds is 6. The van der Waals surface area contributed by atoms with Gasteiger partial charge in [0.05, 0.1) is 10.2 Å². The van der Waals surface area contributed by atoms with Crippen LogP contribution in [0.15, 0.2) is 23.2 Å². The lowest BCUT2D eigenvalue weighted by Crippen LogP contribution is -2.18. The number of unbranched alkanes of at least 4 members (excludes halogenated alkanes) is 1. The molecule has 2 rings (SSSR count). The molecule has 2 aromatic rings. The Morgan fingerprint density at radius 2 is 2.29 bits per heavy atom. The number of amides is 1. The van der Waals surface area contributed by atoms with Crippen molar-refractivity contribution in [2.75, 3.05) is 12.0 Å². The van der Waals surface area contributed by atoms with Crippen molar-refractivity contribution in [3.8, 4) is 0 Å². The van der Waals surface area contributed by atoms with E-state index in [9.17, 15) is 9.18 Å². The van der Waals surface area contributed by atoms with Gasteiger partial charge in [0.1, 0.15) is 5.82 Å². The Bertz CT molecular complexity index is 691. The zero-order valence-electron chi connectivity index (χ0n) is 12.3. The van der Waals surface area contributed by atoms with E-state index >= 15 is 0 Å². The van der Waals surface area contributed by atoms with Crippen LogP contribution in [-0.2, 0) is 11.3 Å². The number of thioether (sulfide) groups is 1. The second-order valence-corrected chi connectivity index (χ2v) is 6.74. The summed E-state index contributed by atoms with van der Waals surface area (Å²) in [7, 11) is 0. The van der Waals surface area contributed by atoms with Gasteiger partial charge in [-0.2, -0.15) is 16.8 Å². The number of carbonyl (C=O) groups excluding carboxylic acids is 1. The molecule has 0 fully saturated rings. The van der Waals surface area contributed by atoms with Gasteiger partial charge < -0.3 is 4.57 Å². The predicted molar refractivity (Wildman–Crippen MR) is 88.3 cm³/mol. The van der Waals surface area contributed by atoms with E-state index in [0.29, 0.717) is 11.2 Å². The number of nitrogens with zero attached hydrogens (tertiary/aromatic N) is 2. The first-order chi connectivity index (χ1) is 10.2. The summed E-state index contributed by atoms with van der Waals surface area (Å²) in [6, 6.07) is 4.72. The van der Waals surface area contributed by atoms with Gasteiger partial charge >= 0.3 is 0 Å². The van der Waals surface area contributed by atoms with Crippen molar-refractivity contribution >= 4 is 39.2 Å². The lowest BCUT2D eigenvalue weighted by Gasteiger charge is -2.03. The van der Waals surface area contributed by atoms with E-state index in [1.54, 1.807) is 17.8 Å². The van der Waals surface area contributed by atoms with Crippen molar-refractivity contribution in [1.82, 2.24) is 4.57 Å². The van der Waals surface area contributed by atoms with Crippen molar-refractivity contribution in [2.24, 2.45) is 4.99 Å². The van der Waals surface area contributed by atoms with Gasteiger partial charge in [-0.25, -0.2) is 4.39 Å². The maximum Gasteiger partial charge on any atom is 0.248 e. The number of thiazole rings is 1. The molecule has 0 saturated carbocycles. The minimum atomic E-state index is -0.260. The van der Waals surface area contributed by atoms with Crippen molar-refractivity contribution in [2.45, 2.75) is 32.7 Å². The van der Waals surface area contributed by atoms with Gasteiger partial charge in [0.15, 0.2) is 4.80 Å². The van der Waals surface area contributed by atoms with Crippen molar-refractivity contribution in [3.63, 3.8) is 0 Å². The summed E-state index contributed by atoms with van der Waals surface area (Å²) in [6.45, 7) is 2.82. The van der Waals surface area contributed by atoms with E-state index in [-0.39, 0.29) is 11.7 Å². The summed E-state index contributed by atoms with van der Waals surface area (Å²) in [4.78, 5) is 16.8. The summed E-state index contributed by atoms with van der Waals surface area (Å²) in [6.07, 6.45) is 4.34. The Morgan fingerprint density at radius 1 is 1.48 bits per heavy atom. The fourth-order valence-corrected chi connectivity index (χ4v) is 3.49. The van der Waals surface area contributed by atoms with Crippen LogP contribution in [0.3, 0.4) is 0 Å². The number of fused-ring (bicyclic) bond motifs is 1. The lowest BCUT2D eigenvalue weighted by molar-refractivity contribution is -0.118. The van der Waals surface area contributed by atoms with Crippen LogP contribution in [0.5, 0.6) is 0 Å². The predicted octanol–water partition coefficient (Wildman–Crippen LogP) is 3.82. The van der Waals surface area contributed by atoms with E-state index in [4.69, 9.17) is 0 Å². The molecule has 1 aromatic heterocycles. The molecule has 114 valence electrons. The van der Waals surface area contributed by atoms with Gasteiger partial charge in [-0.1, -0.05) is 24.7 Å². The number of hydrogen-bond acceptors (Lipinski definition) is 3. The second-order valence-electron chi connectivity index (χ2n) is 4.75. The molecule has 0 N–H and O–H groups in total. The van der Waals surface area contributed by atoms with Gasteiger partial charge in [-0.05, 0) is 30.9 Å². The molecule has 1 amide bonds. The third-order valence-electron chi connectivity index (χ3n) is 3.13. The summed E-state index contributed by atoms with van der Waals surface area (Å²) in [5.74, 6) is 0.575. The summed E-state index contributed by atoms with van der Waals surface area (Å²) in [5.41, 5.74) is 0.942. The van der Waals surface area contributed by atoms with E-state index in [1.165, 1.54) is 23.5 Å². The molecule has 0 bridgehead atoms. The van der Waals surface area contributed by atoms with E-state index in [0.717, 1.165) is 35.4 Å². The SMILES string of the molecule is CCCCC(=O)N=c1sc2cc(F)ccc2n1CCSC. The Kier molecular flexibility index (Phi) is 5.99. The zero-order chi connectivity index (χ0) is 15.2. The normalized spacial score (nSPS) is 12.2. The Morgan fingerprint density at radius 3 is 3.00 bits per heavy atom. The van der Waals surface area contributed by atoms with Gasteiger partial charge in [0.25, 0.3) is 0 Å². The molecule has 0 aliphatic rings. The number of benzene rings is 1. The lowest BCUT2D eigenvalue weighted by atomic mass is 10.2. The first-order valence-electron chi connectivity index (χ1n) is 7.01. The number of carbonyl (C=O) groups is 1. The molecule has 0 unspecified atom stereocenters. The van der Waals surface area contributed by atoms with Crippen LogP contribution in [-0.4, -0.2) is 22.5 Å². The fourth-order valence-electron chi connectivity index (χ4n) is 2.02. The largest absolute Gasteiger partial charge is 0.316 e. The molecule has 1 aromatic carbocycles. The van der Waals surface area contributed by atoms with Crippen LogP contribution < -0.4 is 4.80 Å². The van der Waals surface area contributed by atoms with Crippen molar-refractivity contribution < 1.29 is 9.18 Å². The number of aromatic nitrogens is 1. The minimum absolute atomic E-state index is 0.0956. The fraction of sp³-hybridized carbons (Fsp3) is 0.467. The topological polar surface area (TPSA) is 34.4 Å².